The van der Waals surface area contributed by atoms with E-state index in [2.05, 4.69) is 4.98 Å². The second-order valence-corrected chi connectivity index (χ2v) is 7.54. The van der Waals surface area contributed by atoms with Gasteiger partial charge >= 0.3 is 11.9 Å². The van der Waals surface area contributed by atoms with Crippen molar-refractivity contribution in [3.8, 4) is 11.5 Å². The van der Waals surface area contributed by atoms with E-state index in [4.69, 9.17) is 9.47 Å². The van der Waals surface area contributed by atoms with Gasteiger partial charge < -0.3 is 19.5 Å². The number of pyridine rings is 1. The zero-order chi connectivity index (χ0) is 24.2. The van der Waals surface area contributed by atoms with E-state index in [1.807, 2.05) is 6.92 Å². The van der Waals surface area contributed by atoms with Crippen LogP contribution in [0.4, 0.5) is 4.39 Å². The summed E-state index contributed by atoms with van der Waals surface area (Å²) < 4.78 is 23.9. The van der Waals surface area contributed by atoms with Crippen LogP contribution < -0.4 is 9.47 Å². The van der Waals surface area contributed by atoms with Gasteiger partial charge in [0.1, 0.15) is 11.9 Å². The van der Waals surface area contributed by atoms with E-state index in [1.165, 1.54) is 50.3 Å². The van der Waals surface area contributed by atoms with Crippen LogP contribution in [0.5, 0.6) is 11.5 Å². The number of esters is 1. The van der Waals surface area contributed by atoms with Gasteiger partial charge in [-0.3, -0.25) is 9.59 Å². The van der Waals surface area contributed by atoms with Crippen molar-refractivity contribution in [1.29, 1.82) is 0 Å². The molecule has 0 aliphatic carbocycles. The van der Waals surface area contributed by atoms with Crippen molar-refractivity contribution in [2.24, 2.45) is 0 Å². The highest BCUT2D eigenvalue weighted by Gasteiger charge is 2.37. The Morgan fingerprint density at radius 2 is 1.81 bits per heavy atom. The second kappa shape index (κ2) is 10.2. The average Bonchev–Trinajstić information content (AvgIpc) is 2.72. The van der Waals surface area contributed by atoms with Gasteiger partial charge in [-0.15, -0.1) is 0 Å². The van der Waals surface area contributed by atoms with E-state index >= 15 is 0 Å². The summed E-state index contributed by atoms with van der Waals surface area (Å²) >= 11 is 0. The molecule has 1 N–H and O–H groups in total. The van der Waals surface area contributed by atoms with Crippen molar-refractivity contribution in [3.05, 3.63) is 53.1 Å². The number of hydrogen-bond donors (Lipinski definition) is 1. The monoisotopic (exact) mass is 446 g/mol. The highest BCUT2D eigenvalue weighted by molar-refractivity contribution is 5.98. The zero-order valence-corrected chi connectivity index (χ0v) is 18.9. The zero-order valence-electron chi connectivity index (χ0n) is 18.9. The van der Waals surface area contributed by atoms with Gasteiger partial charge in [0.05, 0.1) is 7.11 Å². The van der Waals surface area contributed by atoms with Gasteiger partial charge in [0.15, 0.2) is 11.4 Å². The standard InChI is InChI=1S/C23H27FN2O6/c1-12-11-17(24)7-8-18(12)13(2)14(3)26(15(4)23(29)30)22(28)20-21(32-16(5)27)19(31-6)9-10-25-20/h7-11,13-15H,1-6H3,(H,29,30)/t13-,14?,15+/m1/s1. The highest BCUT2D eigenvalue weighted by atomic mass is 19.1. The number of aromatic nitrogens is 1. The molecule has 9 heteroatoms. The smallest absolute Gasteiger partial charge is 0.326 e. The lowest BCUT2D eigenvalue weighted by Gasteiger charge is -2.36. The molecular formula is C23H27FN2O6. The van der Waals surface area contributed by atoms with Crippen LogP contribution in [0.3, 0.4) is 0 Å². The number of halogens is 1. The molecule has 0 fully saturated rings. The molecule has 2 rings (SSSR count). The fourth-order valence-electron chi connectivity index (χ4n) is 3.59. The number of amides is 1. The Morgan fingerprint density at radius 1 is 1.16 bits per heavy atom. The maximum Gasteiger partial charge on any atom is 0.326 e. The van der Waals surface area contributed by atoms with Crippen molar-refractivity contribution in [2.45, 2.75) is 52.6 Å². The summed E-state index contributed by atoms with van der Waals surface area (Å²) in [4.78, 5) is 42.3. The average molecular weight is 446 g/mol. The topological polar surface area (TPSA) is 106 Å². The summed E-state index contributed by atoms with van der Waals surface area (Å²) in [5.74, 6) is -3.45. The van der Waals surface area contributed by atoms with Crippen LogP contribution in [0.25, 0.3) is 0 Å². The minimum Gasteiger partial charge on any atom is -0.493 e. The van der Waals surface area contributed by atoms with Gasteiger partial charge in [0, 0.05) is 31.1 Å². The molecular weight excluding hydrogens is 419 g/mol. The number of rotatable bonds is 8. The largest absolute Gasteiger partial charge is 0.493 e. The molecule has 172 valence electrons. The normalized spacial score (nSPS) is 13.6. The van der Waals surface area contributed by atoms with Gasteiger partial charge in [0.25, 0.3) is 5.91 Å². The molecule has 3 atom stereocenters. The van der Waals surface area contributed by atoms with Crippen molar-refractivity contribution in [2.75, 3.05) is 7.11 Å². The molecule has 1 aromatic heterocycles. The molecule has 0 saturated heterocycles. The number of aryl methyl sites for hydroxylation is 1. The molecule has 0 saturated carbocycles. The first-order chi connectivity index (χ1) is 15.0. The Balaban J connectivity index is 2.57. The second-order valence-electron chi connectivity index (χ2n) is 7.54. The molecule has 1 unspecified atom stereocenters. The Bertz CT molecular complexity index is 1030. The lowest BCUT2D eigenvalue weighted by molar-refractivity contribution is -0.142. The lowest BCUT2D eigenvalue weighted by atomic mass is 9.89. The molecule has 1 heterocycles. The number of aliphatic carboxylic acids is 1. The van der Waals surface area contributed by atoms with E-state index in [1.54, 1.807) is 19.9 Å². The third-order valence-corrected chi connectivity index (χ3v) is 5.43. The predicted molar refractivity (Wildman–Crippen MR) is 114 cm³/mol. The Labute approximate surface area is 186 Å². The maximum atomic E-state index is 13.6. The quantitative estimate of drug-likeness (QED) is 0.618. The first-order valence-electron chi connectivity index (χ1n) is 10.0. The fraction of sp³-hybridized carbons (Fsp3) is 0.391. The molecule has 1 aromatic carbocycles. The molecule has 32 heavy (non-hydrogen) atoms. The number of carboxylic acids is 1. The summed E-state index contributed by atoms with van der Waals surface area (Å²) in [7, 11) is 1.34. The van der Waals surface area contributed by atoms with E-state index in [9.17, 15) is 23.9 Å². The number of benzene rings is 1. The van der Waals surface area contributed by atoms with Crippen LogP contribution in [0.2, 0.25) is 0 Å². The number of ether oxygens (including phenoxy) is 2. The summed E-state index contributed by atoms with van der Waals surface area (Å²) in [6, 6.07) is 3.89. The molecule has 0 spiro atoms. The maximum absolute atomic E-state index is 13.6. The van der Waals surface area contributed by atoms with Crippen molar-refractivity contribution in [3.63, 3.8) is 0 Å². The van der Waals surface area contributed by atoms with Crippen molar-refractivity contribution >= 4 is 17.8 Å². The summed E-state index contributed by atoms with van der Waals surface area (Å²) in [6.07, 6.45) is 1.31. The Kier molecular flexibility index (Phi) is 7.91. The first-order valence-corrected chi connectivity index (χ1v) is 10.0. The molecule has 8 nitrogen and oxygen atoms in total. The number of carbonyl (C=O) groups excluding carboxylic acids is 2. The minimum atomic E-state index is -1.22. The third-order valence-electron chi connectivity index (χ3n) is 5.43. The Hall–Kier alpha value is -3.49. The summed E-state index contributed by atoms with van der Waals surface area (Å²) in [5, 5.41) is 9.68. The van der Waals surface area contributed by atoms with Gasteiger partial charge in [-0.25, -0.2) is 14.2 Å². The molecule has 0 radical (unpaired) electrons. The molecule has 0 bridgehead atoms. The summed E-state index contributed by atoms with van der Waals surface area (Å²) in [6.45, 7) is 7.83. The van der Waals surface area contributed by atoms with Crippen LogP contribution in [-0.4, -0.2) is 52.0 Å². The van der Waals surface area contributed by atoms with Crippen LogP contribution in [0.1, 0.15) is 55.2 Å². The van der Waals surface area contributed by atoms with Crippen LogP contribution >= 0.6 is 0 Å². The van der Waals surface area contributed by atoms with Crippen molar-refractivity contribution < 1.29 is 33.4 Å². The van der Waals surface area contributed by atoms with Crippen molar-refractivity contribution in [1.82, 2.24) is 9.88 Å². The van der Waals surface area contributed by atoms with Crippen LogP contribution in [0.15, 0.2) is 30.5 Å². The van der Waals surface area contributed by atoms with Crippen LogP contribution in [0, 0.1) is 12.7 Å². The Morgan fingerprint density at radius 3 is 2.34 bits per heavy atom. The first kappa shape index (κ1) is 24.8. The predicted octanol–water partition coefficient (Wildman–Crippen LogP) is 3.57. The number of carboxylic acid groups (broad SMARTS) is 1. The SMILES string of the molecule is COc1ccnc(C(=O)N(C(C)[C@@H](C)c2ccc(F)cc2C)[C@@H](C)C(=O)O)c1OC(C)=O. The number of carbonyl (C=O) groups is 3. The van der Waals surface area contributed by atoms with E-state index in [-0.39, 0.29) is 28.9 Å². The minimum absolute atomic E-state index is 0.108. The fourth-order valence-corrected chi connectivity index (χ4v) is 3.59. The van der Waals surface area contributed by atoms with Gasteiger partial charge in [-0.1, -0.05) is 13.0 Å². The number of nitrogens with zero attached hydrogens (tertiary/aromatic N) is 2. The number of hydrogen-bond acceptors (Lipinski definition) is 6. The van der Waals surface area contributed by atoms with E-state index in [0.29, 0.717) is 5.56 Å². The third kappa shape index (κ3) is 5.22. The van der Waals surface area contributed by atoms with Gasteiger partial charge in [-0.2, -0.15) is 0 Å². The van der Waals surface area contributed by atoms with Crippen LogP contribution in [-0.2, 0) is 9.59 Å². The summed E-state index contributed by atoms with van der Waals surface area (Å²) in [5.41, 5.74) is 1.20. The molecule has 2 aromatic rings. The van der Waals surface area contributed by atoms with Gasteiger partial charge in [0.2, 0.25) is 5.75 Å². The van der Waals surface area contributed by atoms with E-state index in [0.717, 1.165) is 5.56 Å². The molecule has 1 amide bonds. The van der Waals surface area contributed by atoms with E-state index < -0.39 is 29.9 Å². The number of methoxy groups -OCH3 is 1. The highest BCUT2D eigenvalue weighted by Crippen LogP contribution is 2.33. The van der Waals surface area contributed by atoms with Gasteiger partial charge in [-0.05, 0) is 44.0 Å². The molecule has 0 aliphatic rings. The lowest BCUT2D eigenvalue weighted by Crippen LogP contribution is -2.50. The molecule has 0 aliphatic heterocycles.